The van der Waals surface area contributed by atoms with E-state index in [9.17, 15) is 4.79 Å². The maximum atomic E-state index is 11.0. The van der Waals surface area contributed by atoms with Gasteiger partial charge >= 0.3 is 5.97 Å². The first-order valence-corrected chi connectivity index (χ1v) is 3.67. The number of halogens is 1. The Bertz CT molecular complexity index is 312. The van der Waals surface area contributed by atoms with Gasteiger partial charge in [-0.1, -0.05) is 17.7 Å². The first-order chi connectivity index (χ1) is 5.66. The summed E-state index contributed by atoms with van der Waals surface area (Å²) in [7, 11) is 1.29. The fraction of sp³-hybridized carbons (Fsp3) is 0.125. The Labute approximate surface area is 75.1 Å². The van der Waals surface area contributed by atoms with Gasteiger partial charge in [0.1, 0.15) is 0 Å². The second-order valence-corrected chi connectivity index (χ2v) is 2.60. The van der Waals surface area contributed by atoms with Crippen LogP contribution in [0.25, 0.3) is 0 Å². The molecule has 0 amide bonds. The van der Waals surface area contributed by atoms with Crippen LogP contribution in [0.3, 0.4) is 0 Å². The molecule has 12 heavy (non-hydrogen) atoms. The summed E-state index contributed by atoms with van der Waals surface area (Å²) in [6, 6.07) is 4.82. The summed E-state index contributed by atoms with van der Waals surface area (Å²) < 4.78 is 4.49. The molecule has 0 fully saturated rings. The number of hydrogen-bond acceptors (Lipinski definition) is 3. The third-order valence-electron chi connectivity index (χ3n) is 1.46. The maximum Gasteiger partial charge on any atom is 0.340 e. The highest BCUT2D eigenvalue weighted by Gasteiger charge is 2.10. The van der Waals surface area contributed by atoms with Gasteiger partial charge in [-0.15, -0.1) is 0 Å². The van der Waals surface area contributed by atoms with E-state index in [1.165, 1.54) is 7.11 Å². The van der Waals surface area contributed by atoms with E-state index in [2.05, 4.69) is 4.74 Å². The van der Waals surface area contributed by atoms with Crippen molar-refractivity contribution in [3.8, 4) is 0 Å². The molecule has 3 nitrogen and oxygen atoms in total. The average molecular weight is 186 g/mol. The van der Waals surface area contributed by atoms with Crippen LogP contribution in [-0.4, -0.2) is 13.1 Å². The van der Waals surface area contributed by atoms with E-state index >= 15 is 0 Å². The summed E-state index contributed by atoms with van der Waals surface area (Å²) >= 11 is 5.68. The molecular formula is C8H8ClNO2. The Hall–Kier alpha value is -1.22. The Morgan fingerprint density at radius 3 is 2.83 bits per heavy atom. The van der Waals surface area contributed by atoms with Gasteiger partial charge in [-0.3, -0.25) is 0 Å². The average Bonchev–Trinajstić information content (AvgIpc) is 2.08. The minimum atomic E-state index is -0.477. The highest BCUT2D eigenvalue weighted by Crippen LogP contribution is 2.22. The van der Waals surface area contributed by atoms with Crippen molar-refractivity contribution in [2.75, 3.05) is 12.8 Å². The van der Waals surface area contributed by atoms with Crippen LogP contribution >= 0.6 is 11.6 Å². The first kappa shape index (κ1) is 8.87. The summed E-state index contributed by atoms with van der Waals surface area (Å²) in [5, 5.41) is 0.359. The molecule has 2 N–H and O–H groups in total. The van der Waals surface area contributed by atoms with E-state index in [0.717, 1.165) is 0 Å². The van der Waals surface area contributed by atoms with Crippen molar-refractivity contribution in [2.45, 2.75) is 0 Å². The molecule has 0 aliphatic rings. The molecular weight excluding hydrogens is 178 g/mol. The number of nitrogens with two attached hydrogens (primary N) is 1. The number of benzene rings is 1. The predicted molar refractivity (Wildman–Crippen MR) is 47.2 cm³/mol. The zero-order valence-electron chi connectivity index (χ0n) is 6.50. The predicted octanol–water partition coefficient (Wildman–Crippen LogP) is 1.71. The molecule has 1 aromatic rings. The van der Waals surface area contributed by atoms with Gasteiger partial charge in [0.05, 0.1) is 23.4 Å². The van der Waals surface area contributed by atoms with E-state index in [1.807, 2.05) is 0 Å². The molecule has 0 heterocycles. The fourth-order valence-electron chi connectivity index (χ4n) is 0.825. The Morgan fingerprint density at radius 2 is 2.25 bits per heavy atom. The smallest absolute Gasteiger partial charge is 0.340 e. The number of para-hydroxylation sites is 1. The molecule has 1 aromatic carbocycles. The minimum absolute atomic E-state index is 0.256. The molecule has 0 aliphatic heterocycles. The summed E-state index contributed by atoms with van der Waals surface area (Å²) in [5.41, 5.74) is 6.08. The fourth-order valence-corrected chi connectivity index (χ4v) is 1.000. The molecule has 4 heteroatoms. The molecule has 1 rings (SSSR count). The van der Waals surface area contributed by atoms with Crippen LogP contribution in [-0.2, 0) is 4.74 Å². The third kappa shape index (κ3) is 1.51. The number of methoxy groups -OCH3 is 1. The van der Waals surface area contributed by atoms with Gasteiger partial charge in [-0.2, -0.15) is 0 Å². The molecule has 0 aliphatic carbocycles. The van der Waals surface area contributed by atoms with Gasteiger partial charge in [0.15, 0.2) is 0 Å². The molecule has 0 aromatic heterocycles. The molecule has 0 saturated heterocycles. The van der Waals surface area contributed by atoms with Crippen molar-refractivity contribution in [1.82, 2.24) is 0 Å². The standard InChI is InChI=1S/C8H8ClNO2/c1-12-8(11)5-3-2-4-6(9)7(5)10/h2-4H,10H2,1H3. The van der Waals surface area contributed by atoms with Gasteiger partial charge in [-0.05, 0) is 12.1 Å². The second kappa shape index (κ2) is 3.45. The van der Waals surface area contributed by atoms with E-state index < -0.39 is 5.97 Å². The minimum Gasteiger partial charge on any atom is -0.465 e. The van der Waals surface area contributed by atoms with Gasteiger partial charge in [0.2, 0.25) is 0 Å². The van der Waals surface area contributed by atoms with Crippen LogP contribution in [0.4, 0.5) is 5.69 Å². The van der Waals surface area contributed by atoms with Crippen LogP contribution in [0, 0.1) is 0 Å². The summed E-state index contributed by atoms with van der Waals surface area (Å²) in [4.78, 5) is 11.0. The number of ether oxygens (including phenoxy) is 1. The van der Waals surface area contributed by atoms with Crippen LogP contribution in [0.15, 0.2) is 18.2 Å². The Balaban J connectivity index is 3.16. The topological polar surface area (TPSA) is 52.3 Å². The number of carbonyl (C=O) groups is 1. The Kier molecular flexibility index (Phi) is 2.55. The van der Waals surface area contributed by atoms with Gasteiger partial charge < -0.3 is 10.5 Å². The lowest BCUT2D eigenvalue weighted by Crippen LogP contribution is -2.05. The highest BCUT2D eigenvalue weighted by atomic mass is 35.5. The zero-order valence-corrected chi connectivity index (χ0v) is 7.26. The Morgan fingerprint density at radius 1 is 1.58 bits per heavy atom. The van der Waals surface area contributed by atoms with Crippen LogP contribution in [0.2, 0.25) is 5.02 Å². The number of anilines is 1. The number of carbonyl (C=O) groups excluding carboxylic acids is 1. The van der Waals surface area contributed by atoms with E-state index in [4.69, 9.17) is 17.3 Å². The lowest BCUT2D eigenvalue weighted by molar-refractivity contribution is 0.0602. The van der Waals surface area contributed by atoms with Crippen molar-refractivity contribution < 1.29 is 9.53 Å². The quantitative estimate of drug-likeness (QED) is 0.535. The van der Waals surface area contributed by atoms with Crippen LogP contribution in [0.1, 0.15) is 10.4 Å². The third-order valence-corrected chi connectivity index (χ3v) is 1.79. The van der Waals surface area contributed by atoms with Crippen molar-refractivity contribution in [2.24, 2.45) is 0 Å². The SMILES string of the molecule is COC(=O)c1cccc(Cl)c1N. The number of nitrogen functional groups attached to an aromatic ring is 1. The molecule has 0 unspecified atom stereocenters. The summed E-state index contributed by atoms with van der Waals surface area (Å²) in [6.07, 6.45) is 0. The highest BCUT2D eigenvalue weighted by molar-refractivity contribution is 6.33. The summed E-state index contributed by atoms with van der Waals surface area (Å²) in [5.74, 6) is -0.477. The van der Waals surface area contributed by atoms with Crippen LogP contribution in [0.5, 0.6) is 0 Å². The normalized spacial score (nSPS) is 9.50. The molecule has 0 radical (unpaired) electrons. The molecule has 0 bridgehead atoms. The zero-order chi connectivity index (χ0) is 9.14. The van der Waals surface area contributed by atoms with Crippen molar-refractivity contribution in [1.29, 1.82) is 0 Å². The number of esters is 1. The van der Waals surface area contributed by atoms with E-state index in [1.54, 1.807) is 18.2 Å². The van der Waals surface area contributed by atoms with Gasteiger partial charge in [0.25, 0.3) is 0 Å². The molecule has 0 spiro atoms. The van der Waals surface area contributed by atoms with Crippen molar-refractivity contribution >= 4 is 23.3 Å². The first-order valence-electron chi connectivity index (χ1n) is 3.29. The van der Waals surface area contributed by atoms with Crippen molar-refractivity contribution in [3.05, 3.63) is 28.8 Å². The maximum absolute atomic E-state index is 11.0. The monoisotopic (exact) mass is 185 g/mol. The van der Waals surface area contributed by atoms with Gasteiger partial charge in [0, 0.05) is 0 Å². The van der Waals surface area contributed by atoms with Crippen molar-refractivity contribution in [3.63, 3.8) is 0 Å². The molecule has 0 saturated carbocycles. The van der Waals surface area contributed by atoms with E-state index in [-0.39, 0.29) is 5.69 Å². The second-order valence-electron chi connectivity index (χ2n) is 2.19. The van der Waals surface area contributed by atoms with Gasteiger partial charge in [-0.25, -0.2) is 4.79 Å². The van der Waals surface area contributed by atoms with E-state index in [0.29, 0.717) is 10.6 Å². The summed E-state index contributed by atoms with van der Waals surface area (Å²) in [6.45, 7) is 0. The number of hydrogen-bond donors (Lipinski definition) is 1. The molecule has 0 atom stereocenters. The number of rotatable bonds is 1. The largest absolute Gasteiger partial charge is 0.465 e. The van der Waals surface area contributed by atoms with Crippen LogP contribution < -0.4 is 5.73 Å². The lowest BCUT2D eigenvalue weighted by Gasteiger charge is -2.03. The lowest BCUT2D eigenvalue weighted by atomic mass is 10.2. The molecule has 64 valence electrons.